The summed E-state index contributed by atoms with van der Waals surface area (Å²) in [7, 11) is -3.07. The minimum atomic E-state index is -3.07. The van der Waals surface area contributed by atoms with Gasteiger partial charge in [0.15, 0.2) is 0 Å². The number of aromatic nitrogens is 3. The summed E-state index contributed by atoms with van der Waals surface area (Å²) in [5.41, 5.74) is 7.92. The van der Waals surface area contributed by atoms with Gasteiger partial charge < -0.3 is 20.5 Å². The van der Waals surface area contributed by atoms with Crippen LogP contribution in [0.5, 0.6) is 5.88 Å². The van der Waals surface area contributed by atoms with E-state index in [-0.39, 0.29) is 29.8 Å². The molecule has 202 valence electrons. The Morgan fingerprint density at radius 1 is 1.21 bits per heavy atom. The molecule has 3 aromatic heterocycles. The van der Waals surface area contributed by atoms with E-state index < -0.39 is 15.4 Å². The van der Waals surface area contributed by atoms with Crippen LogP contribution in [0, 0.1) is 0 Å². The molecular weight excluding hydrogens is 506 g/mol. The van der Waals surface area contributed by atoms with E-state index in [0.29, 0.717) is 41.3 Å². The fourth-order valence-corrected chi connectivity index (χ4v) is 5.58. The predicted molar refractivity (Wildman–Crippen MR) is 145 cm³/mol. The average Bonchev–Trinajstić information content (AvgIpc) is 3.67. The van der Waals surface area contributed by atoms with Gasteiger partial charge in [-0.15, -0.1) is 0 Å². The summed E-state index contributed by atoms with van der Waals surface area (Å²) in [4.78, 5) is 26.3. The number of cyclic esters (lactones) is 1. The van der Waals surface area contributed by atoms with Gasteiger partial charge in [0.05, 0.1) is 34.4 Å². The van der Waals surface area contributed by atoms with Crippen LogP contribution in [-0.2, 0) is 25.5 Å². The van der Waals surface area contributed by atoms with Crippen molar-refractivity contribution in [3.05, 3.63) is 47.4 Å². The van der Waals surface area contributed by atoms with Gasteiger partial charge in [0.2, 0.25) is 5.88 Å². The number of hydrogen-bond acceptors (Lipinski definition) is 10. The van der Waals surface area contributed by atoms with Crippen molar-refractivity contribution in [1.29, 1.82) is 0 Å². The number of nitrogens with one attached hydrogen (secondary N) is 1. The number of rotatable bonds is 9. The number of anilines is 2. The number of nitrogens with two attached hydrogens (primary N) is 1. The number of pyridine rings is 3. The number of hydrogen-bond donors (Lipinski definition) is 2. The minimum absolute atomic E-state index is 0.0393. The van der Waals surface area contributed by atoms with Gasteiger partial charge in [-0.2, -0.15) is 0 Å². The molecule has 10 nitrogen and oxygen atoms in total. The van der Waals surface area contributed by atoms with E-state index in [4.69, 9.17) is 20.2 Å². The van der Waals surface area contributed by atoms with Gasteiger partial charge in [0, 0.05) is 24.2 Å². The van der Waals surface area contributed by atoms with Crippen LogP contribution in [0.3, 0.4) is 0 Å². The van der Waals surface area contributed by atoms with Crippen LogP contribution in [0.25, 0.3) is 10.8 Å². The van der Waals surface area contributed by atoms with Crippen LogP contribution >= 0.6 is 0 Å². The van der Waals surface area contributed by atoms with Crippen LogP contribution in [-0.4, -0.2) is 54.1 Å². The summed E-state index contributed by atoms with van der Waals surface area (Å²) in [6, 6.07) is 5.40. The molecule has 0 amide bonds. The molecule has 1 fully saturated rings. The highest BCUT2D eigenvalue weighted by atomic mass is 32.2. The fourth-order valence-electron chi connectivity index (χ4n) is 4.94. The molecule has 0 bridgehead atoms. The summed E-state index contributed by atoms with van der Waals surface area (Å²) in [5.74, 6) is 1.22. The Morgan fingerprint density at radius 3 is 2.66 bits per heavy atom. The molecule has 5 rings (SSSR count). The molecule has 1 aliphatic carbocycles. The lowest BCUT2D eigenvalue weighted by molar-refractivity contribution is 0.0183. The van der Waals surface area contributed by atoms with Gasteiger partial charge in [-0.3, -0.25) is 0 Å². The summed E-state index contributed by atoms with van der Waals surface area (Å²) < 4.78 is 34.3. The summed E-state index contributed by atoms with van der Waals surface area (Å²) in [5, 5.41) is 4.80. The first-order valence-corrected chi connectivity index (χ1v) is 14.9. The maximum Gasteiger partial charge on any atom is 0.340 e. The fraction of sp³-hybridized carbons (Fsp3) is 0.481. The Morgan fingerprint density at radius 2 is 1.97 bits per heavy atom. The largest absolute Gasteiger partial charge is 0.477 e. The molecule has 2 aliphatic rings. The molecule has 2 atom stereocenters. The Kier molecular flexibility index (Phi) is 6.55. The monoisotopic (exact) mass is 539 g/mol. The maximum absolute atomic E-state index is 12.4. The number of carbonyl (C=O) groups is 1. The zero-order chi connectivity index (χ0) is 27.3. The molecule has 1 spiro atoms. The Hall–Kier alpha value is -3.31. The number of esters is 1. The minimum Gasteiger partial charge on any atom is -0.477 e. The SMILES string of the molecule is CC[C@@](C)(N)c1cnc(OCCCS(C)(=O)=O)c2cnc(Nc3ccc4c(n3)C3(CC3)[C@H](C)OC4=O)cc12. The van der Waals surface area contributed by atoms with E-state index in [0.717, 1.165) is 29.5 Å². The van der Waals surface area contributed by atoms with Crippen molar-refractivity contribution >= 4 is 38.2 Å². The topological polar surface area (TPSA) is 146 Å². The Labute approximate surface area is 222 Å². The van der Waals surface area contributed by atoms with Crippen molar-refractivity contribution in [3.63, 3.8) is 0 Å². The quantitative estimate of drug-likeness (QED) is 0.304. The van der Waals surface area contributed by atoms with E-state index in [1.165, 1.54) is 6.26 Å². The van der Waals surface area contributed by atoms with Gasteiger partial charge in [-0.25, -0.2) is 28.2 Å². The smallest absolute Gasteiger partial charge is 0.340 e. The molecule has 0 unspecified atom stereocenters. The standard InChI is InChI=1S/C27H33N5O5S/c1-5-26(3,28)20-15-30-24(36-11-6-12-38(4,34)35)19-14-29-22(13-18(19)20)31-21-8-7-17-23(32-21)27(9-10-27)16(2)37-25(17)33/h7-8,13-16H,5-6,9-12,28H2,1-4H3,(H,29,31,32)/t16-,26+/m0/s1. The molecule has 38 heavy (non-hydrogen) atoms. The molecule has 3 N–H and O–H groups in total. The lowest BCUT2D eigenvalue weighted by atomic mass is 9.88. The van der Waals surface area contributed by atoms with Crippen molar-refractivity contribution in [2.75, 3.05) is 23.9 Å². The number of nitrogens with zero attached hydrogens (tertiary/aromatic N) is 3. The van der Waals surface area contributed by atoms with Crippen LogP contribution in [0.4, 0.5) is 11.6 Å². The predicted octanol–water partition coefficient (Wildman–Crippen LogP) is 3.76. The van der Waals surface area contributed by atoms with Gasteiger partial charge in [-0.1, -0.05) is 6.92 Å². The molecule has 4 heterocycles. The average molecular weight is 540 g/mol. The van der Waals surface area contributed by atoms with Crippen molar-refractivity contribution in [2.45, 2.75) is 63.5 Å². The molecule has 1 saturated carbocycles. The highest BCUT2D eigenvalue weighted by molar-refractivity contribution is 7.90. The Bertz CT molecular complexity index is 1520. The first-order chi connectivity index (χ1) is 17.9. The number of ether oxygens (including phenoxy) is 2. The van der Waals surface area contributed by atoms with Gasteiger partial charge in [0.1, 0.15) is 27.6 Å². The molecule has 1 aliphatic heterocycles. The van der Waals surface area contributed by atoms with Crippen LogP contribution in [0.2, 0.25) is 0 Å². The van der Waals surface area contributed by atoms with Crippen molar-refractivity contribution in [3.8, 4) is 5.88 Å². The zero-order valence-electron chi connectivity index (χ0n) is 22.1. The van der Waals surface area contributed by atoms with Crippen LogP contribution in [0.1, 0.15) is 68.1 Å². The third-order valence-corrected chi connectivity index (χ3v) is 8.71. The van der Waals surface area contributed by atoms with Crippen LogP contribution in [0.15, 0.2) is 30.6 Å². The van der Waals surface area contributed by atoms with Gasteiger partial charge >= 0.3 is 5.97 Å². The van der Waals surface area contributed by atoms with E-state index in [1.807, 2.05) is 26.8 Å². The summed E-state index contributed by atoms with van der Waals surface area (Å²) >= 11 is 0. The number of sulfone groups is 1. The number of carbonyl (C=O) groups excluding carboxylic acids is 1. The van der Waals surface area contributed by atoms with Crippen LogP contribution < -0.4 is 15.8 Å². The third kappa shape index (κ3) is 4.92. The number of fused-ring (bicyclic) bond motifs is 3. The summed E-state index contributed by atoms with van der Waals surface area (Å²) in [6.07, 6.45) is 7.31. The van der Waals surface area contributed by atoms with E-state index in [2.05, 4.69) is 15.3 Å². The van der Waals surface area contributed by atoms with E-state index in [1.54, 1.807) is 24.5 Å². The second-order valence-electron chi connectivity index (χ2n) is 10.6. The Balaban J connectivity index is 1.48. The lowest BCUT2D eigenvalue weighted by Gasteiger charge is -2.30. The molecule has 0 saturated heterocycles. The lowest BCUT2D eigenvalue weighted by Crippen LogP contribution is -2.36. The van der Waals surface area contributed by atoms with E-state index >= 15 is 0 Å². The van der Waals surface area contributed by atoms with Crippen molar-refractivity contribution in [2.24, 2.45) is 5.73 Å². The van der Waals surface area contributed by atoms with E-state index in [9.17, 15) is 13.2 Å². The first kappa shape index (κ1) is 26.3. The molecular formula is C27H33N5O5S. The maximum atomic E-state index is 12.4. The highest BCUT2D eigenvalue weighted by Crippen LogP contribution is 2.54. The first-order valence-electron chi connectivity index (χ1n) is 12.8. The molecule has 0 radical (unpaired) electrons. The van der Waals surface area contributed by atoms with Crippen molar-refractivity contribution < 1.29 is 22.7 Å². The zero-order valence-corrected chi connectivity index (χ0v) is 22.9. The molecule has 3 aromatic rings. The molecule has 11 heteroatoms. The van der Waals surface area contributed by atoms with Gasteiger partial charge in [0.25, 0.3) is 0 Å². The third-order valence-electron chi connectivity index (χ3n) is 7.68. The second-order valence-corrected chi connectivity index (χ2v) is 12.9. The highest BCUT2D eigenvalue weighted by Gasteiger charge is 2.56. The molecule has 0 aromatic carbocycles. The van der Waals surface area contributed by atoms with Gasteiger partial charge in [-0.05, 0) is 68.7 Å². The normalized spacial score (nSPS) is 19.5. The van der Waals surface area contributed by atoms with Crippen molar-refractivity contribution in [1.82, 2.24) is 15.0 Å². The summed E-state index contributed by atoms with van der Waals surface area (Å²) in [6.45, 7) is 6.10. The second kappa shape index (κ2) is 9.46.